The van der Waals surface area contributed by atoms with E-state index in [1.54, 1.807) is 52.2 Å². The molecule has 1 aromatic carbocycles. The quantitative estimate of drug-likeness (QED) is 0.641. The monoisotopic (exact) mass is 411 g/mol. The number of aryl methyl sites for hydroxylation is 3. The second kappa shape index (κ2) is 8.96. The Morgan fingerprint density at radius 3 is 2.28 bits per heavy atom. The van der Waals surface area contributed by atoms with Gasteiger partial charge in [-0.2, -0.15) is 0 Å². The molecule has 0 fully saturated rings. The Balaban J connectivity index is 1.53. The average Bonchev–Trinajstić information content (AvgIpc) is 3.26. The number of amides is 2. The van der Waals surface area contributed by atoms with E-state index in [4.69, 9.17) is 4.74 Å². The third-order valence-electron chi connectivity index (χ3n) is 4.74. The topological polar surface area (TPSA) is 63.6 Å². The van der Waals surface area contributed by atoms with Gasteiger partial charge in [0.1, 0.15) is 5.75 Å². The molecule has 0 aliphatic heterocycles. The number of nitrogens with zero attached hydrogens (tertiary/aromatic N) is 2. The minimum absolute atomic E-state index is 0.0474. The maximum Gasteiger partial charge on any atom is 0.270 e. The van der Waals surface area contributed by atoms with E-state index in [-0.39, 0.29) is 18.4 Å². The van der Waals surface area contributed by atoms with Crippen LogP contribution in [0.15, 0.2) is 47.8 Å². The summed E-state index contributed by atoms with van der Waals surface area (Å²) in [6, 6.07) is 12.7. The van der Waals surface area contributed by atoms with Crippen molar-refractivity contribution in [2.24, 2.45) is 0 Å². The SMILES string of the molecule is Cc1ccsc1CN(C)C(=O)COc1ccc(C(=O)Nn2c(C)ccc2C)cc1. The summed E-state index contributed by atoms with van der Waals surface area (Å²) in [5.74, 6) is 0.239. The summed E-state index contributed by atoms with van der Waals surface area (Å²) >= 11 is 1.64. The van der Waals surface area contributed by atoms with Gasteiger partial charge in [0, 0.05) is 28.9 Å². The van der Waals surface area contributed by atoms with Crippen molar-refractivity contribution in [3.8, 4) is 5.75 Å². The third-order valence-corrected chi connectivity index (χ3v) is 5.75. The first kappa shape index (κ1) is 20.7. The van der Waals surface area contributed by atoms with Crippen molar-refractivity contribution < 1.29 is 14.3 Å². The lowest BCUT2D eigenvalue weighted by Crippen LogP contribution is -2.30. The summed E-state index contributed by atoms with van der Waals surface area (Å²) < 4.78 is 7.34. The third kappa shape index (κ3) is 5.06. The van der Waals surface area contributed by atoms with Gasteiger partial charge in [-0.15, -0.1) is 11.3 Å². The molecule has 3 rings (SSSR count). The molecule has 0 aliphatic carbocycles. The molecule has 29 heavy (non-hydrogen) atoms. The van der Waals surface area contributed by atoms with Crippen LogP contribution in [0.1, 0.15) is 32.2 Å². The van der Waals surface area contributed by atoms with E-state index in [9.17, 15) is 9.59 Å². The van der Waals surface area contributed by atoms with Gasteiger partial charge in [0.25, 0.3) is 11.8 Å². The van der Waals surface area contributed by atoms with Crippen molar-refractivity contribution in [1.82, 2.24) is 9.58 Å². The fourth-order valence-electron chi connectivity index (χ4n) is 2.84. The van der Waals surface area contributed by atoms with Crippen LogP contribution in [0.2, 0.25) is 0 Å². The second-order valence-corrected chi connectivity index (χ2v) is 7.98. The lowest BCUT2D eigenvalue weighted by atomic mass is 10.2. The fourth-order valence-corrected chi connectivity index (χ4v) is 3.80. The minimum atomic E-state index is -0.207. The van der Waals surface area contributed by atoms with Gasteiger partial charge in [0.2, 0.25) is 0 Å². The molecule has 0 unspecified atom stereocenters. The number of thiophene rings is 1. The van der Waals surface area contributed by atoms with Crippen LogP contribution in [-0.2, 0) is 11.3 Å². The number of carbonyl (C=O) groups excluding carboxylic acids is 2. The van der Waals surface area contributed by atoms with Crippen LogP contribution in [0.25, 0.3) is 0 Å². The lowest BCUT2D eigenvalue weighted by molar-refractivity contribution is -0.132. The number of benzene rings is 1. The van der Waals surface area contributed by atoms with Gasteiger partial charge in [-0.3, -0.25) is 19.7 Å². The summed E-state index contributed by atoms with van der Waals surface area (Å²) in [6.07, 6.45) is 0. The number of ether oxygens (including phenoxy) is 1. The highest BCUT2D eigenvalue weighted by molar-refractivity contribution is 7.10. The first-order valence-electron chi connectivity index (χ1n) is 9.31. The molecule has 7 heteroatoms. The van der Waals surface area contributed by atoms with Gasteiger partial charge in [-0.1, -0.05) is 0 Å². The second-order valence-electron chi connectivity index (χ2n) is 6.98. The maximum atomic E-state index is 12.4. The first-order chi connectivity index (χ1) is 13.8. The van der Waals surface area contributed by atoms with E-state index in [0.717, 1.165) is 11.4 Å². The highest BCUT2D eigenvalue weighted by Crippen LogP contribution is 2.18. The van der Waals surface area contributed by atoms with Crippen molar-refractivity contribution >= 4 is 23.2 Å². The van der Waals surface area contributed by atoms with Gasteiger partial charge < -0.3 is 9.64 Å². The van der Waals surface area contributed by atoms with Crippen LogP contribution in [-0.4, -0.2) is 35.0 Å². The molecule has 0 aliphatic rings. The summed E-state index contributed by atoms with van der Waals surface area (Å²) in [7, 11) is 1.77. The molecule has 6 nitrogen and oxygen atoms in total. The van der Waals surface area contributed by atoms with Crippen molar-refractivity contribution in [3.05, 3.63) is 75.2 Å². The number of carbonyl (C=O) groups is 2. The van der Waals surface area contributed by atoms with E-state index >= 15 is 0 Å². The number of rotatable bonds is 7. The number of hydrogen-bond donors (Lipinski definition) is 1. The highest BCUT2D eigenvalue weighted by Gasteiger charge is 2.13. The van der Waals surface area contributed by atoms with Crippen molar-refractivity contribution in [1.29, 1.82) is 0 Å². The summed E-state index contributed by atoms with van der Waals surface area (Å²) in [5.41, 5.74) is 6.48. The molecule has 0 saturated heterocycles. The van der Waals surface area contributed by atoms with Crippen LogP contribution < -0.4 is 10.2 Å². The lowest BCUT2D eigenvalue weighted by Gasteiger charge is -2.17. The van der Waals surface area contributed by atoms with E-state index in [2.05, 4.69) is 5.43 Å². The van der Waals surface area contributed by atoms with Gasteiger partial charge in [0.15, 0.2) is 6.61 Å². The van der Waals surface area contributed by atoms with Gasteiger partial charge in [0.05, 0.1) is 6.54 Å². The Morgan fingerprint density at radius 1 is 1.03 bits per heavy atom. The number of nitrogens with one attached hydrogen (secondary N) is 1. The van der Waals surface area contributed by atoms with Gasteiger partial charge in [-0.05, 0) is 74.2 Å². The standard InChI is InChI=1S/C22H25N3O3S/c1-15-11-12-29-20(15)13-24(4)21(26)14-28-19-9-7-18(8-10-19)22(27)23-25-16(2)5-6-17(25)3/h5-12H,13-14H2,1-4H3,(H,23,27). The molecule has 2 heterocycles. The molecule has 2 aromatic heterocycles. The zero-order valence-corrected chi connectivity index (χ0v) is 17.9. The molecule has 2 amide bonds. The molecule has 3 aromatic rings. The summed E-state index contributed by atoms with van der Waals surface area (Å²) in [6.45, 7) is 6.42. The predicted octanol–water partition coefficient (Wildman–Crippen LogP) is 3.90. The van der Waals surface area contributed by atoms with Gasteiger partial charge >= 0.3 is 0 Å². The Morgan fingerprint density at radius 2 is 1.69 bits per heavy atom. The zero-order valence-electron chi connectivity index (χ0n) is 17.1. The Labute approximate surface area is 174 Å². The smallest absolute Gasteiger partial charge is 0.270 e. The summed E-state index contributed by atoms with van der Waals surface area (Å²) in [4.78, 5) is 27.6. The van der Waals surface area contributed by atoms with Crippen molar-refractivity contribution in [2.75, 3.05) is 19.1 Å². The maximum absolute atomic E-state index is 12.4. The summed E-state index contributed by atoms with van der Waals surface area (Å²) in [5, 5.41) is 2.02. The Bertz CT molecular complexity index is 985. The molecule has 0 spiro atoms. The average molecular weight is 412 g/mol. The van der Waals surface area contributed by atoms with Crippen molar-refractivity contribution in [3.63, 3.8) is 0 Å². The van der Waals surface area contributed by atoms with Crippen LogP contribution in [0, 0.1) is 20.8 Å². The zero-order chi connectivity index (χ0) is 21.0. The van der Waals surface area contributed by atoms with E-state index in [1.807, 2.05) is 44.4 Å². The van der Waals surface area contributed by atoms with E-state index < -0.39 is 0 Å². The number of hydrogen-bond acceptors (Lipinski definition) is 4. The van der Waals surface area contributed by atoms with Crippen LogP contribution in [0.5, 0.6) is 5.75 Å². The minimum Gasteiger partial charge on any atom is -0.484 e. The fraction of sp³-hybridized carbons (Fsp3) is 0.273. The van der Waals surface area contributed by atoms with E-state index in [0.29, 0.717) is 17.9 Å². The molecule has 0 radical (unpaired) electrons. The molecular formula is C22H25N3O3S. The van der Waals surface area contributed by atoms with Crippen LogP contribution in [0.4, 0.5) is 0 Å². The molecule has 152 valence electrons. The highest BCUT2D eigenvalue weighted by atomic mass is 32.1. The number of likely N-dealkylation sites (N-methyl/N-ethyl adjacent to an activating group) is 1. The van der Waals surface area contributed by atoms with Crippen LogP contribution >= 0.6 is 11.3 Å². The van der Waals surface area contributed by atoms with Crippen molar-refractivity contribution in [2.45, 2.75) is 27.3 Å². The molecule has 1 N–H and O–H groups in total. The van der Waals surface area contributed by atoms with Gasteiger partial charge in [-0.25, -0.2) is 0 Å². The predicted molar refractivity (Wildman–Crippen MR) is 115 cm³/mol. The van der Waals surface area contributed by atoms with E-state index in [1.165, 1.54) is 10.4 Å². The normalized spacial score (nSPS) is 10.6. The molecular weight excluding hydrogens is 386 g/mol. The molecule has 0 atom stereocenters. The first-order valence-corrected chi connectivity index (χ1v) is 10.2. The van der Waals surface area contributed by atoms with Crippen LogP contribution in [0.3, 0.4) is 0 Å². The number of aromatic nitrogens is 1. The Hall–Kier alpha value is -3.06. The Kier molecular flexibility index (Phi) is 6.39. The molecule has 0 bridgehead atoms. The molecule has 0 saturated carbocycles. The largest absolute Gasteiger partial charge is 0.484 e.